The average Bonchev–Trinajstić information content (AvgIpc) is 3.12. The van der Waals surface area contributed by atoms with Gasteiger partial charge in [-0.25, -0.2) is 0 Å². The van der Waals surface area contributed by atoms with Crippen LogP contribution >= 0.6 is 0 Å². The van der Waals surface area contributed by atoms with Crippen LogP contribution in [0.3, 0.4) is 0 Å². The minimum Gasteiger partial charge on any atom is -0.497 e. The first-order chi connectivity index (χ1) is 16.5. The van der Waals surface area contributed by atoms with E-state index < -0.39 is 0 Å². The number of hydrogen-bond acceptors (Lipinski definition) is 4. The molecule has 2 amide bonds. The molecule has 3 aromatic rings. The lowest BCUT2D eigenvalue weighted by atomic mass is 9.97. The minimum atomic E-state index is -0.212. The van der Waals surface area contributed by atoms with Gasteiger partial charge in [0.2, 0.25) is 0 Å². The Morgan fingerprint density at radius 3 is 2.26 bits per heavy atom. The van der Waals surface area contributed by atoms with Crippen molar-refractivity contribution in [3.05, 3.63) is 106 Å². The van der Waals surface area contributed by atoms with Crippen LogP contribution in [0.25, 0.3) is 5.57 Å². The van der Waals surface area contributed by atoms with E-state index >= 15 is 0 Å². The van der Waals surface area contributed by atoms with Crippen molar-refractivity contribution in [2.24, 2.45) is 0 Å². The molecular formula is C29H28N2O3. The van der Waals surface area contributed by atoms with Gasteiger partial charge in [-0.05, 0) is 54.2 Å². The van der Waals surface area contributed by atoms with Gasteiger partial charge in [0.1, 0.15) is 11.4 Å². The maximum absolute atomic E-state index is 13.7. The second-order valence-corrected chi connectivity index (χ2v) is 8.89. The lowest BCUT2D eigenvalue weighted by Crippen LogP contribution is -2.38. The Morgan fingerprint density at radius 2 is 1.56 bits per heavy atom. The smallest absolute Gasteiger partial charge is 0.277 e. The highest BCUT2D eigenvalue weighted by molar-refractivity contribution is 6.35. The largest absolute Gasteiger partial charge is 0.497 e. The Kier molecular flexibility index (Phi) is 5.93. The molecule has 5 nitrogen and oxygen atoms in total. The Labute approximate surface area is 200 Å². The van der Waals surface area contributed by atoms with Crippen LogP contribution in [0.2, 0.25) is 0 Å². The van der Waals surface area contributed by atoms with E-state index in [-0.39, 0.29) is 11.8 Å². The first-order valence-electron chi connectivity index (χ1n) is 11.7. The van der Waals surface area contributed by atoms with Crippen molar-refractivity contribution in [2.45, 2.75) is 26.3 Å². The molecule has 0 saturated heterocycles. The number of carbonyl (C=O) groups is 2. The number of rotatable bonds is 6. The highest BCUT2D eigenvalue weighted by Crippen LogP contribution is 2.34. The van der Waals surface area contributed by atoms with E-state index in [0.717, 1.165) is 28.9 Å². The van der Waals surface area contributed by atoms with E-state index in [4.69, 9.17) is 4.74 Å². The molecule has 0 bridgehead atoms. The van der Waals surface area contributed by atoms with Gasteiger partial charge in [0.25, 0.3) is 11.8 Å². The average molecular weight is 453 g/mol. The standard InChI is InChI=1S/C29H28N2O3/c1-20-7-11-23(12-8-20)26-27(30-17-16-22-5-3-4-6-24(22)19-30)29(33)31(28(26)32)18-15-21-9-13-25(34-2)14-10-21/h3-14H,15-19H2,1-2H3. The van der Waals surface area contributed by atoms with Crippen LogP contribution in [-0.2, 0) is 29.0 Å². The predicted octanol–water partition coefficient (Wildman–Crippen LogP) is 4.38. The molecule has 0 saturated carbocycles. The lowest BCUT2D eigenvalue weighted by Gasteiger charge is -2.31. The Balaban J connectivity index is 1.46. The Hall–Kier alpha value is -3.86. The number of nitrogens with zero attached hydrogens (tertiary/aromatic N) is 2. The molecule has 2 aliphatic rings. The van der Waals surface area contributed by atoms with Crippen molar-refractivity contribution in [3.8, 4) is 5.75 Å². The number of benzene rings is 3. The number of amides is 2. The summed E-state index contributed by atoms with van der Waals surface area (Å²) in [4.78, 5) is 30.8. The van der Waals surface area contributed by atoms with Gasteiger partial charge < -0.3 is 9.64 Å². The van der Waals surface area contributed by atoms with Crippen molar-refractivity contribution in [1.82, 2.24) is 9.80 Å². The van der Waals surface area contributed by atoms with Crippen LogP contribution in [0.15, 0.2) is 78.5 Å². The van der Waals surface area contributed by atoms with Crippen LogP contribution in [0, 0.1) is 6.92 Å². The molecule has 3 aromatic carbocycles. The number of imide groups is 1. The fourth-order valence-corrected chi connectivity index (χ4v) is 4.76. The summed E-state index contributed by atoms with van der Waals surface area (Å²) in [6.45, 7) is 3.70. The van der Waals surface area contributed by atoms with Gasteiger partial charge in [-0.15, -0.1) is 0 Å². The van der Waals surface area contributed by atoms with Gasteiger partial charge in [0.05, 0.1) is 12.7 Å². The van der Waals surface area contributed by atoms with E-state index in [1.807, 2.05) is 61.5 Å². The molecule has 0 atom stereocenters. The number of carbonyl (C=O) groups excluding carboxylic acids is 2. The van der Waals surface area contributed by atoms with Gasteiger partial charge in [-0.3, -0.25) is 14.5 Å². The van der Waals surface area contributed by atoms with Crippen molar-refractivity contribution < 1.29 is 14.3 Å². The maximum Gasteiger partial charge on any atom is 0.277 e. The van der Waals surface area contributed by atoms with Crippen molar-refractivity contribution in [3.63, 3.8) is 0 Å². The molecule has 0 aromatic heterocycles. The first-order valence-corrected chi connectivity index (χ1v) is 11.7. The zero-order chi connectivity index (χ0) is 23.7. The third-order valence-electron chi connectivity index (χ3n) is 6.71. The number of aryl methyl sites for hydroxylation is 1. The summed E-state index contributed by atoms with van der Waals surface area (Å²) in [5, 5.41) is 0. The Morgan fingerprint density at radius 1 is 0.853 bits per heavy atom. The number of hydrogen-bond donors (Lipinski definition) is 0. The van der Waals surface area contributed by atoms with Gasteiger partial charge in [0, 0.05) is 19.6 Å². The van der Waals surface area contributed by atoms with Crippen LogP contribution in [0.5, 0.6) is 5.75 Å². The quantitative estimate of drug-likeness (QED) is 0.521. The molecule has 0 aliphatic carbocycles. The topological polar surface area (TPSA) is 49.9 Å². The third-order valence-corrected chi connectivity index (χ3v) is 6.71. The number of methoxy groups -OCH3 is 1. The molecule has 2 heterocycles. The fourth-order valence-electron chi connectivity index (χ4n) is 4.76. The zero-order valence-corrected chi connectivity index (χ0v) is 19.6. The summed E-state index contributed by atoms with van der Waals surface area (Å²) in [5.41, 5.74) is 6.53. The number of ether oxygens (including phenoxy) is 1. The molecular weight excluding hydrogens is 424 g/mol. The monoisotopic (exact) mass is 452 g/mol. The second kappa shape index (κ2) is 9.18. The van der Waals surface area contributed by atoms with Crippen molar-refractivity contribution >= 4 is 17.4 Å². The molecule has 0 fully saturated rings. The van der Waals surface area contributed by atoms with E-state index in [1.54, 1.807) is 7.11 Å². The summed E-state index contributed by atoms with van der Waals surface area (Å²) in [6, 6.07) is 23.9. The normalized spacial score (nSPS) is 15.7. The second-order valence-electron chi connectivity index (χ2n) is 8.89. The summed E-state index contributed by atoms with van der Waals surface area (Å²) in [5.74, 6) is 0.373. The van der Waals surface area contributed by atoms with Gasteiger partial charge >= 0.3 is 0 Å². The minimum absolute atomic E-state index is 0.200. The van der Waals surface area contributed by atoms with Crippen LogP contribution in [0.1, 0.15) is 27.8 Å². The molecule has 5 rings (SSSR count). The molecule has 0 radical (unpaired) electrons. The van der Waals surface area contributed by atoms with E-state index in [9.17, 15) is 9.59 Å². The van der Waals surface area contributed by atoms with Crippen LogP contribution in [0.4, 0.5) is 0 Å². The summed E-state index contributed by atoms with van der Waals surface area (Å²) < 4.78 is 5.23. The maximum atomic E-state index is 13.7. The first kappa shape index (κ1) is 22.0. The molecule has 5 heteroatoms. The van der Waals surface area contributed by atoms with Gasteiger partial charge in [-0.1, -0.05) is 66.2 Å². The highest BCUT2D eigenvalue weighted by atomic mass is 16.5. The SMILES string of the molecule is COc1ccc(CCN2C(=O)C(c3ccc(C)cc3)=C(N3CCc4ccccc4C3)C2=O)cc1. The summed E-state index contributed by atoms with van der Waals surface area (Å²) >= 11 is 0. The highest BCUT2D eigenvalue weighted by Gasteiger charge is 2.41. The number of fused-ring (bicyclic) bond motifs is 1. The molecule has 0 unspecified atom stereocenters. The Bertz CT molecular complexity index is 1260. The fraction of sp³-hybridized carbons (Fsp3) is 0.241. The van der Waals surface area contributed by atoms with Crippen molar-refractivity contribution in [1.29, 1.82) is 0 Å². The van der Waals surface area contributed by atoms with Crippen molar-refractivity contribution in [2.75, 3.05) is 20.2 Å². The molecule has 0 spiro atoms. The zero-order valence-electron chi connectivity index (χ0n) is 19.6. The van der Waals surface area contributed by atoms with Gasteiger partial charge in [0.15, 0.2) is 0 Å². The lowest BCUT2D eigenvalue weighted by molar-refractivity contribution is -0.137. The molecule has 0 N–H and O–H groups in total. The summed E-state index contributed by atoms with van der Waals surface area (Å²) in [7, 11) is 1.63. The molecule has 34 heavy (non-hydrogen) atoms. The molecule has 172 valence electrons. The predicted molar refractivity (Wildman–Crippen MR) is 132 cm³/mol. The van der Waals surface area contributed by atoms with Crippen LogP contribution < -0.4 is 4.74 Å². The third kappa shape index (κ3) is 4.10. The summed E-state index contributed by atoms with van der Waals surface area (Å²) in [6.07, 6.45) is 1.45. The van der Waals surface area contributed by atoms with E-state index in [1.165, 1.54) is 16.0 Å². The van der Waals surface area contributed by atoms with E-state index in [0.29, 0.717) is 37.3 Å². The molecule has 2 aliphatic heterocycles. The van der Waals surface area contributed by atoms with Crippen LogP contribution in [-0.4, -0.2) is 41.8 Å². The van der Waals surface area contributed by atoms with E-state index in [2.05, 4.69) is 23.1 Å². The van der Waals surface area contributed by atoms with Gasteiger partial charge in [-0.2, -0.15) is 0 Å².